The Morgan fingerprint density at radius 2 is 2.05 bits per heavy atom. The van der Waals surface area contributed by atoms with Gasteiger partial charge in [0.1, 0.15) is 0 Å². The summed E-state index contributed by atoms with van der Waals surface area (Å²) in [5.74, 6) is 1.37. The molecule has 1 aromatic rings. The van der Waals surface area contributed by atoms with Crippen molar-refractivity contribution in [2.24, 2.45) is 5.92 Å². The summed E-state index contributed by atoms with van der Waals surface area (Å²) in [4.78, 5) is 2.41. The highest BCUT2D eigenvalue weighted by Gasteiger charge is 2.29. The fraction of sp³-hybridized carbons (Fsp3) is 0.917. The van der Waals surface area contributed by atoms with Crippen LogP contribution in [0.2, 0.25) is 0 Å². The third kappa shape index (κ3) is 3.49. The number of nitrogens with zero attached hydrogens (tertiary/aromatic N) is 5. The largest absolute Gasteiger partial charge is 0.383 e. The zero-order valence-electron chi connectivity index (χ0n) is 11.9. The minimum absolute atomic E-state index is 0.232. The molecule has 7 heteroatoms. The average molecular weight is 269 g/mol. The van der Waals surface area contributed by atoms with Crippen LogP contribution in [0.3, 0.4) is 0 Å². The van der Waals surface area contributed by atoms with Gasteiger partial charge in [0.2, 0.25) is 0 Å². The molecule has 0 aliphatic carbocycles. The molecule has 1 aromatic heterocycles. The lowest BCUT2D eigenvalue weighted by molar-refractivity contribution is 0.00196. The van der Waals surface area contributed by atoms with Crippen molar-refractivity contribution >= 4 is 0 Å². The van der Waals surface area contributed by atoms with Crippen LogP contribution in [0.5, 0.6) is 0 Å². The smallest absolute Gasteiger partial charge is 0.168 e. The van der Waals surface area contributed by atoms with Crippen LogP contribution in [0, 0.1) is 5.92 Å². The molecule has 1 aliphatic heterocycles. The molecular formula is C12H23N5O2. The van der Waals surface area contributed by atoms with Crippen LogP contribution in [-0.2, 0) is 16.0 Å². The summed E-state index contributed by atoms with van der Waals surface area (Å²) in [5, 5.41) is 12.1. The Kier molecular flexibility index (Phi) is 5.24. The van der Waals surface area contributed by atoms with E-state index in [1.54, 1.807) is 7.11 Å². The molecule has 2 heterocycles. The van der Waals surface area contributed by atoms with Crippen molar-refractivity contribution in [3.8, 4) is 0 Å². The molecule has 0 amide bonds. The molecule has 2 rings (SSSR count). The van der Waals surface area contributed by atoms with Gasteiger partial charge in [0.15, 0.2) is 5.82 Å². The van der Waals surface area contributed by atoms with Gasteiger partial charge in [-0.25, -0.2) is 4.68 Å². The van der Waals surface area contributed by atoms with E-state index < -0.39 is 0 Å². The highest BCUT2D eigenvalue weighted by atomic mass is 16.5. The number of ether oxygens (including phenoxy) is 2. The van der Waals surface area contributed by atoms with E-state index in [1.165, 1.54) is 0 Å². The van der Waals surface area contributed by atoms with Gasteiger partial charge in [-0.2, -0.15) is 0 Å². The summed E-state index contributed by atoms with van der Waals surface area (Å²) in [6.45, 7) is 9.13. The van der Waals surface area contributed by atoms with E-state index >= 15 is 0 Å². The van der Waals surface area contributed by atoms with Gasteiger partial charge in [0, 0.05) is 20.2 Å². The van der Waals surface area contributed by atoms with Crippen LogP contribution in [0.1, 0.15) is 25.7 Å². The van der Waals surface area contributed by atoms with Gasteiger partial charge < -0.3 is 9.47 Å². The van der Waals surface area contributed by atoms with Crippen molar-refractivity contribution in [3.63, 3.8) is 0 Å². The lowest BCUT2D eigenvalue weighted by Gasteiger charge is -2.35. The highest BCUT2D eigenvalue weighted by Crippen LogP contribution is 2.27. The van der Waals surface area contributed by atoms with Crippen LogP contribution in [0.15, 0.2) is 0 Å². The SMILES string of the molecule is COCCn1nnnc1[C@@H](C(C)C)N1CCOCC1. The Morgan fingerprint density at radius 1 is 1.32 bits per heavy atom. The Labute approximate surface area is 113 Å². The maximum Gasteiger partial charge on any atom is 0.168 e. The second-order valence-corrected chi connectivity index (χ2v) is 5.09. The van der Waals surface area contributed by atoms with Gasteiger partial charge >= 0.3 is 0 Å². The molecule has 0 spiro atoms. The summed E-state index contributed by atoms with van der Waals surface area (Å²) in [5.41, 5.74) is 0. The zero-order chi connectivity index (χ0) is 13.7. The van der Waals surface area contributed by atoms with Crippen LogP contribution < -0.4 is 0 Å². The monoisotopic (exact) mass is 269 g/mol. The highest BCUT2D eigenvalue weighted by molar-refractivity contribution is 4.96. The van der Waals surface area contributed by atoms with E-state index in [9.17, 15) is 0 Å². The molecule has 1 saturated heterocycles. The van der Waals surface area contributed by atoms with Gasteiger partial charge in [0.05, 0.1) is 32.4 Å². The van der Waals surface area contributed by atoms with Crippen LogP contribution in [0.4, 0.5) is 0 Å². The van der Waals surface area contributed by atoms with Crippen molar-refractivity contribution in [1.82, 2.24) is 25.1 Å². The molecule has 0 aromatic carbocycles. The predicted molar refractivity (Wildman–Crippen MR) is 69.7 cm³/mol. The van der Waals surface area contributed by atoms with Gasteiger partial charge in [-0.3, -0.25) is 4.90 Å². The van der Waals surface area contributed by atoms with E-state index in [-0.39, 0.29) is 6.04 Å². The van der Waals surface area contributed by atoms with E-state index in [1.807, 2.05) is 4.68 Å². The number of rotatable bonds is 6. The molecule has 1 aliphatic rings. The summed E-state index contributed by atoms with van der Waals surface area (Å²) >= 11 is 0. The molecule has 1 atom stereocenters. The van der Waals surface area contributed by atoms with Crippen LogP contribution in [-0.4, -0.2) is 65.1 Å². The second kappa shape index (κ2) is 6.93. The lowest BCUT2D eigenvalue weighted by atomic mass is 10.0. The fourth-order valence-corrected chi connectivity index (χ4v) is 2.50. The predicted octanol–water partition coefficient (Wildman–Crippen LogP) is 0.349. The number of hydrogen-bond donors (Lipinski definition) is 0. The molecule has 1 fully saturated rings. The zero-order valence-corrected chi connectivity index (χ0v) is 11.9. The van der Waals surface area contributed by atoms with Crippen molar-refractivity contribution < 1.29 is 9.47 Å². The summed E-state index contributed by atoms with van der Waals surface area (Å²) in [7, 11) is 1.69. The Balaban J connectivity index is 2.16. The van der Waals surface area contributed by atoms with E-state index in [0.717, 1.165) is 32.1 Å². The maximum absolute atomic E-state index is 5.42. The second-order valence-electron chi connectivity index (χ2n) is 5.09. The Hall–Kier alpha value is -1.05. The van der Waals surface area contributed by atoms with Gasteiger partial charge in [-0.15, -0.1) is 5.10 Å². The number of aromatic nitrogens is 4. The van der Waals surface area contributed by atoms with Crippen molar-refractivity contribution in [3.05, 3.63) is 5.82 Å². The first-order chi connectivity index (χ1) is 9.24. The quantitative estimate of drug-likeness (QED) is 0.742. The minimum Gasteiger partial charge on any atom is -0.383 e. The molecule has 0 saturated carbocycles. The molecule has 108 valence electrons. The van der Waals surface area contributed by atoms with E-state index in [4.69, 9.17) is 9.47 Å². The number of tetrazole rings is 1. The van der Waals surface area contributed by atoms with Crippen LogP contribution >= 0.6 is 0 Å². The molecule has 0 radical (unpaired) electrons. The fourth-order valence-electron chi connectivity index (χ4n) is 2.50. The van der Waals surface area contributed by atoms with Crippen LogP contribution in [0.25, 0.3) is 0 Å². The summed E-state index contributed by atoms with van der Waals surface area (Å²) < 4.78 is 12.4. The van der Waals surface area contributed by atoms with Crippen molar-refractivity contribution in [2.75, 3.05) is 40.0 Å². The molecule has 19 heavy (non-hydrogen) atoms. The third-order valence-corrected chi connectivity index (χ3v) is 3.40. The number of morpholine rings is 1. The lowest BCUT2D eigenvalue weighted by Crippen LogP contribution is -2.42. The summed E-state index contributed by atoms with van der Waals surface area (Å²) in [6.07, 6.45) is 0. The van der Waals surface area contributed by atoms with Crippen molar-refractivity contribution in [2.45, 2.75) is 26.4 Å². The van der Waals surface area contributed by atoms with Crippen molar-refractivity contribution in [1.29, 1.82) is 0 Å². The third-order valence-electron chi connectivity index (χ3n) is 3.40. The van der Waals surface area contributed by atoms with Gasteiger partial charge in [-0.1, -0.05) is 13.8 Å². The summed E-state index contributed by atoms with van der Waals surface area (Å²) in [6, 6.07) is 0.232. The normalized spacial score (nSPS) is 18.9. The minimum atomic E-state index is 0.232. The van der Waals surface area contributed by atoms with Gasteiger partial charge in [-0.05, 0) is 16.3 Å². The molecule has 0 N–H and O–H groups in total. The van der Waals surface area contributed by atoms with E-state index in [2.05, 4.69) is 34.3 Å². The first-order valence-electron chi connectivity index (χ1n) is 6.81. The average Bonchev–Trinajstić information content (AvgIpc) is 2.85. The van der Waals surface area contributed by atoms with Gasteiger partial charge in [0.25, 0.3) is 0 Å². The number of hydrogen-bond acceptors (Lipinski definition) is 6. The Morgan fingerprint density at radius 3 is 2.68 bits per heavy atom. The number of methoxy groups -OCH3 is 1. The Bertz CT molecular complexity index is 376. The molecular weight excluding hydrogens is 246 g/mol. The van der Waals surface area contributed by atoms with E-state index in [0.29, 0.717) is 19.1 Å². The molecule has 0 bridgehead atoms. The standard InChI is InChI=1S/C12H23N5O2/c1-10(2)11(16-4-8-19-9-5-16)12-13-14-15-17(12)6-7-18-3/h10-11H,4-9H2,1-3H3/t11-/m1/s1. The molecule has 0 unspecified atom stereocenters. The maximum atomic E-state index is 5.42. The first-order valence-corrected chi connectivity index (χ1v) is 6.81. The topological polar surface area (TPSA) is 65.3 Å². The molecule has 7 nitrogen and oxygen atoms in total. The first kappa shape index (κ1) is 14.4.